The Labute approximate surface area is 125 Å². The summed E-state index contributed by atoms with van der Waals surface area (Å²) in [4.78, 5) is 1.00. The Kier molecular flexibility index (Phi) is 3.31. The molecule has 0 spiro atoms. The summed E-state index contributed by atoms with van der Waals surface area (Å²) in [7, 11) is 0. The Bertz CT molecular complexity index is 638. The van der Waals surface area contributed by atoms with E-state index in [-0.39, 0.29) is 11.9 Å². The number of benzene rings is 1. The van der Waals surface area contributed by atoms with E-state index >= 15 is 0 Å². The zero-order valence-corrected chi connectivity index (χ0v) is 12.1. The van der Waals surface area contributed by atoms with Gasteiger partial charge in [0.05, 0.1) is 10.9 Å². The van der Waals surface area contributed by atoms with Crippen LogP contribution in [-0.4, -0.2) is 11.2 Å². The minimum absolute atomic E-state index is 0.195. The van der Waals surface area contributed by atoms with Gasteiger partial charge in [-0.25, -0.2) is 4.39 Å². The summed E-state index contributed by atoms with van der Waals surface area (Å²) < 4.78 is 19.2. The van der Waals surface area contributed by atoms with Crippen LogP contribution in [0.25, 0.3) is 0 Å². The highest BCUT2D eigenvalue weighted by Gasteiger charge is 2.50. The van der Waals surface area contributed by atoms with Crippen molar-refractivity contribution in [3.63, 3.8) is 0 Å². The first kappa shape index (κ1) is 13.3. The topological polar surface area (TPSA) is 21.3 Å². The fourth-order valence-corrected chi connectivity index (χ4v) is 3.65. The molecule has 0 amide bonds. The number of nitrogens with one attached hydrogen (secondary N) is 1. The molecule has 2 unspecified atom stereocenters. The SMILES string of the molecule is C=CC1NC(=S)OC1(c1ccc(F)cc1)c1cccs1. The molecule has 102 valence electrons. The van der Waals surface area contributed by atoms with Crippen molar-refractivity contribution in [1.82, 2.24) is 5.32 Å². The molecule has 2 atom stereocenters. The lowest BCUT2D eigenvalue weighted by Crippen LogP contribution is -2.40. The van der Waals surface area contributed by atoms with Gasteiger partial charge in [0, 0.05) is 5.56 Å². The minimum Gasteiger partial charge on any atom is -0.451 e. The van der Waals surface area contributed by atoms with Crippen LogP contribution in [0.1, 0.15) is 10.4 Å². The van der Waals surface area contributed by atoms with Gasteiger partial charge in [-0.3, -0.25) is 0 Å². The maximum Gasteiger partial charge on any atom is 0.258 e. The van der Waals surface area contributed by atoms with Gasteiger partial charge < -0.3 is 10.1 Å². The normalized spacial score (nSPS) is 25.1. The molecule has 1 fully saturated rings. The van der Waals surface area contributed by atoms with Crippen molar-refractivity contribution >= 4 is 28.7 Å². The van der Waals surface area contributed by atoms with Crippen LogP contribution < -0.4 is 5.32 Å². The molecule has 0 aliphatic carbocycles. The highest BCUT2D eigenvalue weighted by Crippen LogP contribution is 2.43. The third-order valence-electron chi connectivity index (χ3n) is 3.36. The van der Waals surface area contributed by atoms with Crippen LogP contribution >= 0.6 is 23.6 Å². The molecule has 1 aliphatic rings. The van der Waals surface area contributed by atoms with Crippen LogP contribution in [0.5, 0.6) is 0 Å². The van der Waals surface area contributed by atoms with Gasteiger partial charge in [-0.1, -0.05) is 24.3 Å². The van der Waals surface area contributed by atoms with E-state index in [0.717, 1.165) is 10.4 Å². The summed E-state index contributed by atoms with van der Waals surface area (Å²) in [6.45, 7) is 3.85. The van der Waals surface area contributed by atoms with Crippen molar-refractivity contribution in [1.29, 1.82) is 0 Å². The third kappa shape index (κ3) is 1.94. The zero-order valence-electron chi connectivity index (χ0n) is 10.5. The number of halogens is 1. The molecular weight excluding hydrogens is 293 g/mol. The molecule has 1 aliphatic heterocycles. The number of thiocarbonyl (C=S) groups is 1. The van der Waals surface area contributed by atoms with Crippen LogP contribution in [0, 0.1) is 5.82 Å². The summed E-state index contributed by atoms with van der Waals surface area (Å²) in [6.07, 6.45) is 1.77. The third-order valence-corrected chi connectivity index (χ3v) is 4.55. The second-order valence-electron chi connectivity index (χ2n) is 4.47. The first-order valence-electron chi connectivity index (χ1n) is 6.09. The lowest BCUT2D eigenvalue weighted by molar-refractivity contribution is 0.126. The molecule has 0 bridgehead atoms. The Morgan fingerprint density at radius 1 is 1.35 bits per heavy atom. The monoisotopic (exact) mass is 305 g/mol. The lowest BCUT2D eigenvalue weighted by Gasteiger charge is -2.31. The number of hydrogen-bond acceptors (Lipinski definition) is 3. The number of rotatable bonds is 3. The molecule has 1 aromatic heterocycles. The van der Waals surface area contributed by atoms with Crippen molar-refractivity contribution in [2.75, 3.05) is 0 Å². The Morgan fingerprint density at radius 3 is 2.70 bits per heavy atom. The van der Waals surface area contributed by atoms with E-state index in [0.29, 0.717) is 5.17 Å². The molecule has 1 saturated heterocycles. The van der Waals surface area contributed by atoms with E-state index in [9.17, 15) is 4.39 Å². The molecule has 2 nitrogen and oxygen atoms in total. The molecule has 0 saturated carbocycles. The molecule has 20 heavy (non-hydrogen) atoms. The first-order chi connectivity index (χ1) is 9.66. The van der Waals surface area contributed by atoms with E-state index in [1.54, 1.807) is 29.5 Å². The molecule has 0 radical (unpaired) electrons. The minimum atomic E-state index is -0.777. The fourth-order valence-electron chi connectivity index (χ4n) is 2.46. The average Bonchev–Trinajstić information content (AvgIpc) is 3.07. The molecule has 2 aromatic rings. The summed E-state index contributed by atoms with van der Waals surface area (Å²) in [5.74, 6) is -0.279. The summed E-state index contributed by atoms with van der Waals surface area (Å²) in [5.41, 5.74) is 0.0688. The Morgan fingerprint density at radius 2 is 2.10 bits per heavy atom. The predicted molar refractivity (Wildman–Crippen MR) is 82.3 cm³/mol. The largest absolute Gasteiger partial charge is 0.451 e. The van der Waals surface area contributed by atoms with Crippen molar-refractivity contribution < 1.29 is 9.13 Å². The van der Waals surface area contributed by atoms with Crippen molar-refractivity contribution in [3.05, 3.63) is 70.7 Å². The van der Waals surface area contributed by atoms with E-state index in [2.05, 4.69) is 11.9 Å². The smallest absolute Gasteiger partial charge is 0.258 e. The summed E-state index contributed by atoms with van der Waals surface area (Å²) >= 11 is 6.73. The second-order valence-corrected chi connectivity index (χ2v) is 5.79. The molecule has 2 heterocycles. The summed E-state index contributed by atoms with van der Waals surface area (Å²) in [5, 5.41) is 5.40. The van der Waals surface area contributed by atoms with Crippen LogP contribution in [0.4, 0.5) is 4.39 Å². The van der Waals surface area contributed by atoms with Gasteiger partial charge in [-0.2, -0.15) is 0 Å². The van der Waals surface area contributed by atoms with Gasteiger partial charge >= 0.3 is 0 Å². The molecular formula is C15H12FNOS2. The van der Waals surface area contributed by atoms with Crippen LogP contribution in [0.3, 0.4) is 0 Å². The van der Waals surface area contributed by atoms with Crippen molar-refractivity contribution in [3.8, 4) is 0 Å². The van der Waals surface area contributed by atoms with Crippen LogP contribution in [0.2, 0.25) is 0 Å². The quantitative estimate of drug-likeness (QED) is 0.692. The van der Waals surface area contributed by atoms with E-state index < -0.39 is 5.60 Å². The standard InChI is InChI=1S/C15H12FNOS2/c1-2-12-15(18-14(19)17-12,13-4-3-9-20-13)10-5-7-11(16)8-6-10/h2-9,12H,1H2,(H,17,19). The van der Waals surface area contributed by atoms with Crippen LogP contribution in [0.15, 0.2) is 54.4 Å². The van der Waals surface area contributed by atoms with Gasteiger partial charge in [0.15, 0.2) is 5.60 Å². The zero-order chi connectivity index (χ0) is 14.2. The fraction of sp³-hybridized carbons (Fsp3) is 0.133. The maximum absolute atomic E-state index is 13.2. The number of ether oxygens (including phenoxy) is 1. The van der Waals surface area contributed by atoms with Gasteiger partial charge in [-0.15, -0.1) is 17.9 Å². The van der Waals surface area contributed by atoms with Crippen molar-refractivity contribution in [2.24, 2.45) is 0 Å². The van der Waals surface area contributed by atoms with Gasteiger partial charge in [0.2, 0.25) is 0 Å². The summed E-state index contributed by atoms with van der Waals surface area (Å²) in [6, 6.07) is 10.0. The number of hydrogen-bond donors (Lipinski definition) is 1. The second kappa shape index (κ2) is 5.00. The van der Waals surface area contributed by atoms with Crippen molar-refractivity contribution in [2.45, 2.75) is 11.6 Å². The molecule has 3 rings (SSSR count). The number of thiophene rings is 1. The van der Waals surface area contributed by atoms with E-state index in [1.807, 2.05) is 17.5 Å². The lowest BCUT2D eigenvalue weighted by atomic mass is 9.85. The van der Waals surface area contributed by atoms with Gasteiger partial charge in [0.1, 0.15) is 5.82 Å². The molecule has 5 heteroatoms. The van der Waals surface area contributed by atoms with E-state index in [4.69, 9.17) is 17.0 Å². The highest BCUT2D eigenvalue weighted by molar-refractivity contribution is 7.80. The molecule has 1 N–H and O–H groups in total. The first-order valence-corrected chi connectivity index (χ1v) is 7.37. The predicted octanol–water partition coefficient (Wildman–Crippen LogP) is 3.59. The maximum atomic E-state index is 13.2. The Balaban J connectivity index is 2.20. The highest BCUT2D eigenvalue weighted by atomic mass is 32.1. The van der Waals surface area contributed by atoms with E-state index in [1.165, 1.54) is 12.1 Å². The average molecular weight is 305 g/mol. The molecule has 1 aromatic carbocycles. The Hall–Kier alpha value is -1.72. The van der Waals surface area contributed by atoms with Crippen LogP contribution in [-0.2, 0) is 10.3 Å². The van der Waals surface area contributed by atoms with Gasteiger partial charge in [0.25, 0.3) is 5.17 Å². The van der Waals surface area contributed by atoms with Gasteiger partial charge in [-0.05, 0) is 35.8 Å².